The molecule has 1 aliphatic heterocycles. The average molecular weight is 302 g/mol. The van der Waals surface area contributed by atoms with E-state index in [-0.39, 0.29) is 0 Å². The van der Waals surface area contributed by atoms with Gasteiger partial charge >= 0.3 is 0 Å². The number of rotatable bonds is 5. The molecule has 3 rings (SSSR count). The van der Waals surface area contributed by atoms with Gasteiger partial charge in [-0.2, -0.15) is 0 Å². The van der Waals surface area contributed by atoms with Gasteiger partial charge in [0.15, 0.2) is 0 Å². The Labute approximate surface area is 132 Å². The van der Waals surface area contributed by atoms with Crippen molar-refractivity contribution in [2.75, 3.05) is 50.0 Å². The largest absolute Gasteiger partial charge is 0.369 e. The molecule has 22 heavy (non-hydrogen) atoms. The first-order valence-corrected chi connectivity index (χ1v) is 8.30. The number of likely N-dealkylation sites (N-methyl/N-ethyl adjacent to an activating group) is 1. The molecular formula is C16H26N6. The lowest BCUT2D eigenvalue weighted by molar-refractivity contribution is 0.312. The Kier molecular flexibility index (Phi) is 4.87. The maximum Gasteiger partial charge on any atom is 0.143 e. The molecule has 2 heterocycles. The van der Waals surface area contributed by atoms with E-state index in [0.717, 1.165) is 55.8 Å². The van der Waals surface area contributed by atoms with E-state index >= 15 is 0 Å². The van der Waals surface area contributed by atoms with Crippen molar-refractivity contribution in [1.82, 2.24) is 14.9 Å². The highest BCUT2D eigenvalue weighted by atomic mass is 15.3. The summed E-state index contributed by atoms with van der Waals surface area (Å²) in [5.74, 6) is 2.46. The van der Waals surface area contributed by atoms with E-state index in [4.69, 9.17) is 5.41 Å². The van der Waals surface area contributed by atoms with E-state index in [1.165, 1.54) is 31.9 Å². The summed E-state index contributed by atoms with van der Waals surface area (Å²) in [6, 6.07) is 0. The van der Waals surface area contributed by atoms with Gasteiger partial charge in [-0.3, -0.25) is 0 Å². The van der Waals surface area contributed by atoms with Crippen LogP contribution in [0.4, 0.5) is 11.6 Å². The van der Waals surface area contributed by atoms with E-state index in [2.05, 4.69) is 32.1 Å². The highest BCUT2D eigenvalue weighted by molar-refractivity contribution is 5.91. The lowest BCUT2D eigenvalue weighted by atomic mass is 10.1. The third-order valence-corrected chi connectivity index (χ3v) is 4.84. The van der Waals surface area contributed by atoms with E-state index in [1.54, 1.807) is 6.33 Å². The molecule has 1 saturated carbocycles. The Balaban J connectivity index is 1.73. The molecule has 0 atom stereocenters. The number of anilines is 2. The second-order valence-corrected chi connectivity index (χ2v) is 6.43. The quantitative estimate of drug-likeness (QED) is 0.812. The summed E-state index contributed by atoms with van der Waals surface area (Å²) in [6.07, 6.45) is 8.33. The standard InChI is InChI=1S/C16H26N6/c1-21-6-8-22(9-7-21)16-14(10-17)15(19-12-20-16)18-11-13-4-2-3-5-13/h10,12-13,17H,2-9,11H2,1H3,(H,18,19,20). The Morgan fingerprint density at radius 3 is 2.64 bits per heavy atom. The van der Waals surface area contributed by atoms with E-state index in [0.29, 0.717) is 0 Å². The second kappa shape index (κ2) is 7.05. The van der Waals surface area contributed by atoms with Crippen LogP contribution in [0.15, 0.2) is 6.33 Å². The molecule has 2 N–H and O–H groups in total. The first-order valence-electron chi connectivity index (χ1n) is 8.30. The Bertz CT molecular complexity index is 503. The molecule has 0 unspecified atom stereocenters. The molecule has 120 valence electrons. The minimum atomic E-state index is 0.751. The number of piperazine rings is 1. The summed E-state index contributed by atoms with van der Waals surface area (Å²) in [4.78, 5) is 13.4. The van der Waals surface area contributed by atoms with Crippen LogP contribution in [0.1, 0.15) is 31.2 Å². The van der Waals surface area contributed by atoms with Gasteiger partial charge in [0.25, 0.3) is 0 Å². The Morgan fingerprint density at radius 2 is 1.95 bits per heavy atom. The first-order chi connectivity index (χ1) is 10.8. The van der Waals surface area contributed by atoms with Gasteiger partial charge in [0.1, 0.15) is 18.0 Å². The fraction of sp³-hybridized carbons (Fsp3) is 0.688. The van der Waals surface area contributed by atoms with Crippen molar-refractivity contribution in [3.63, 3.8) is 0 Å². The van der Waals surface area contributed by atoms with Crippen LogP contribution in [0, 0.1) is 11.3 Å². The highest BCUT2D eigenvalue weighted by Crippen LogP contribution is 2.27. The topological polar surface area (TPSA) is 68.1 Å². The second-order valence-electron chi connectivity index (χ2n) is 6.43. The predicted octanol–water partition coefficient (Wildman–Crippen LogP) is 1.83. The van der Waals surface area contributed by atoms with Gasteiger partial charge in [-0.05, 0) is 25.8 Å². The van der Waals surface area contributed by atoms with Crippen LogP contribution in [-0.4, -0.2) is 60.9 Å². The normalized spacial score (nSPS) is 20.3. The zero-order valence-electron chi connectivity index (χ0n) is 13.4. The molecule has 2 aliphatic rings. The molecule has 1 saturated heterocycles. The van der Waals surface area contributed by atoms with E-state index in [9.17, 15) is 0 Å². The molecule has 0 amide bonds. The lowest BCUT2D eigenvalue weighted by Gasteiger charge is -2.34. The van der Waals surface area contributed by atoms with Gasteiger partial charge in [0.05, 0.1) is 5.56 Å². The molecule has 0 bridgehead atoms. The maximum absolute atomic E-state index is 7.79. The molecule has 2 fully saturated rings. The van der Waals surface area contributed by atoms with E-state index in [1.807, 2.05) is 0 Å². The van der Waals surface area contributed by atoms with Crippen LogP contribution in [0.2, 0.25) is 0 Å². The molecule has 0 aromatic carbocycles. The van der Waals surface area contributed by atoms with Gasteiger partial charge in [-0.25, -0.2) is 9.97 Å². The van der Waals surface area contributed by atoms with Crippen molar-refractivity contribution < 1.29 is 0 Å². The fourth-order valence-electron chi connectivity index (χ4n) is 3.39. The summed E-state index contributed by atoms with van der Waals surface area (Å²) >= 11 is 0. The molecule has 0 spiro atoms. The van der Waals surface area contributed by atoms with Crippen molar-refractivity contribution in [2.24, 2.45) is 5.92 Å². The van der Waals surface area contributed by atoms with Crippen molar-refractivity contribution in [2.45, 2.75) is 25.7 Å². The minimum absolute atomic E-state index is 0.751. The highest BCUT2D eigenvalue weighted by Gasteiger charge is 2.21. The fourth-order valence-corrected chi connectivity index (χ4v) is 3.39. The van der Waals surface area contributed by atoms with Crippen LogP contribution in [0.5, 0.6) is 0 Å². The first kappa shape index (κ1) is 15.2. The van der Waals surface area contributed by atoms with Gasteiger partial charge in [0, 0.05) is 38.9 Å². The van der Waals surface area contributed by atoms with Crippen molar-refractivity contribution in [3.05, 3.63) is 11.9 Å². The maximum atomic E-state index is 7.79. The SMILES string of the molecule is CN1CCN(c2ncnc(NCC3CCCC3)c2C=N)CC1. The van der Waals surface area contributed by atoms with Gasteiger partial charge in [-0.1, -0.05) is 12.8 Å². The van der Waals surface area contributed by atoms with Gasteiger partial charge < -0.3 is 20.5 Å². The van der Waals surface area contributed by atoms with Crippen LogP contribution >= 0.6 is 0 Å². The lowest BCUT2D eigenvalue weighted by Crippen LogP contribution is -2.45. The van der Waals surface area contributed by atoms with Gasteiger partial charge in [0.2, 0.25) is 0 Å². The van der Waals surface area contributed by atoms with E-state index < -0.39 is 0 Å². The number of hydrogen-bond acceptors (Lipinski definition) is 6. The van der Waals surface area contributed by atoms with Crippen molar-refractivity contribution in [1.29, 1.82) is 5.41 Å². The molecule has 6 nitrogen and oxygen atoms in total. The van der Waals surface area contributed by atoms with Gasteiger partial charge in [-0.15, -0.1) is 0 Å². The molecule has 1 aromatic rings. The zero-order chi connectivity index (χ0) is 15.4. The van der Waals surface area contributed by atoms with Crippen LogP contribution in [-0.2, 0) is 0 Å². The number of hydrogen-bond donors (Lipinski definition) is 2. The molecule has 6 heteroatoms. The summed E-state index contributed by atoms with van der Waals surface area (Å²) < 4.78 is 0. The zero-order valence-corrected chi connectivity index (χ0v) is 13.4. The van der Waals surface area contributed by atoms with Crippen molar-refractivity contribution in [3.8, 4) is 0 Å². The number of nitrogens with one attached hydrogen (secondary N) is 2. The molecule has 1 aromatic heterocycles. The molecular weight excluding hydrogens is 276 g/mol. The molecule has 0 radical (unpaired) electrons. The number of nitrogens with zero attached hydrogens (tertiary/aromatic N) is 4. The smallest absolute Gasteiger partial charge is 0.143 e. The van der Waals surface area contributed by atoms with Crippen LogP contribution < -0.4 is 10.2 Å². The predicted molar refractivity (Wildman–Crippen MR) is 90.1 cm³/mol. The Morgan fingerprint density at radius 1 is 1.23 bits per heavy atom. The van der Waals surface area contributed by atoms with Crippen molar-refractivity contribution >= 4 is 17.9 Å². The summed E-state index contributed by atoms with van der Waals surface area (Å²) in [5.41, 5.74) is 0.824. The monoisotopic (exact) mass is 302 g/mol. The summed E-state index contributed by atoms with van der Waals surface area (Å²) in [5, 5.41) is 11.2. The number of aromatic nitrogens is 2. The Hall–Kier alpha value is -1.69. The van der Waals surface area contributed by atoms with Crippen LogP contribution in [0.25, 0.3) is 0 Å². The summed E-state index contributed by atoms with van der Waals surface area (Å²) in [7, 11) is 2.14. The van der Waals surface area contributed by atoms with Crippen LogP contribution in [0.3, 0.4) is 0 Å². The molecule has 1 aliphatic carbocycles. The minimum Gasteiger partial charge on any atom is -0.369 e. The third-order valence-electron chi connectivity index (χ3n) is 4.84. The average Bonchev–Trinajstić information content (AvgIpc) is 3.06. The summed E-state index contributed by atoms with van der Waals surface area (Å²) in [6.45, 7) is 4.94. The third kappa shape index (κ3) is 3.38.